The number of aliphatic imine (C=N–C) groups is 1. The number of aryl methyl sites for hydroxylation is 1. The number of hydrogen-bond acceptors (Lipinski definition) is 4. The fourth-order valence-electron chi connectivity index (χ4n) is 2.20. The Kier molecular flexibility index (Phi) is 8.31. The summed E-state index contributed by atoms with van der Waals surface area (Å²) < 4.78 is 33.5. The Labute approximate surface area is 151 Å². The second-order valence-corrected chi connectivity index (χ2v) is 5.52. The second-order valence-electron chi connectivity index (χ2n) is 5.52. The van der Waals surface area contributed by atoms with Crippen LogP contribution < -0.4 is 15.4 Å². The number of ether oxygens (including phenoxy) is 1. The van der Waals surface area contributed by atoms with Crippen LogP contribution in [-0.4, -0.2) is 47.0 Å². The van der Waals surface area contributed by atoms with Gasteiger partial charge in [-0.3, -0.25) is 4.99 Å². The lowest BCUT2D eigenvalue weighted by atomic mass is 10.3. The van der Waals surface area contributed by atoms with Crippen LogP contribution in [0.3, 0.4) is 0 Å². The maximum absolute atomic E-state index is 13.5. The van der Waals surface area contributed by atoms with Crippen molar-refractivity contribution >= 4 is 5.96 Å². The monoisotopic (exact) mass is 366 g/mol. The molecule has 0 saturated carbocycles. The van der Waals surface area contributed by atoms with E-state index in [0.717, 1.165) is 38.1 Å². The first-order chi connectivity index (χ1) is 12.7. The molecule has 0 spiro atoms. The maximum atomic E-state index is 13.5. The van der Waals surface area contributed by atoms with Crippen LogP contribution in [0.5, 0.6) is 5.75 Å². The first-order valence-electron chi connectivity index (χ1n) is 8.61. The largest absolute Gasteiger partial charge is 0.489 e. The highest BCUT2D eigenvalue weighted by molar-refractivity contribution is 5.79. The molecule has 0 bridgehead atoms. The molecular weight excluding hydrogens is 342 g/mol. The Balaban J connectivity index is 1.66. The van der Waals surface area contributed by atoms with E-state index in [2.05, 4.69) is 25.8 Å². The molecule has 2 N–H and O–H groups in total. The van der Waals surface area contributed by atoms with Gasteiger partial charge in [-0.05, 0) is 31.9 Å². The molecule has 0 unspecified atom stereocenters. The molecule has 1 aromatic carbocycles. The van der Waals surface area contributed by atoms with Crippen molar-refractivity contribution in [1.82, 2.24) is 25.4 Å². The minimum Gasteiger partial charge on any atom is -0.489 e. The molecule has 9 heteroatoms. The summed E-state index contributed by atoms with van der Waals surface area (Å²) in [6, 6.07) is 3.24. The zero-order chi connectivity index (χ0) is 18.6. The van der Waals surface area contributed by atoms with Crippen molar-refractivity contribution in [3.8, 4) is 5.75 Å². The molecule has 0 aliphatic rings. The summed E-state index contributed by atoms with van der Waals surface area (Å²) in [7, 11) is 0. The Hall–Kier alpha value is -2.71. The van der Waals surface area contributed by atoms with Crippen molar-refractivity contribution < 1.29 is 13.5 Å². The van der Waals surface area contributed by atoms with Crippen LogP contribution in [0, 0.1) is 11.6 Å². The van der Waals surface area contributed by atoms with E-state index in [-0.39, 0.29) is 12.4 Å². The summed E-state index contributed by atoms with van der Waals surface area (Å²) in [5.74, 6) is -0.624. The van der Waals surface area contributed by atoms with Gasteiger partial charge in [0.2, 0.25) is 0 Å². The van der Waals surface area contributed by atoms with Crippen LogP contribution >= 0.6 is 0 Å². The molecule has 0 radical (unpaired) electrons. The highest BCUT2D eigenvalue weighted by Crippen LogP contribution is 2.17. The van der Waals surface area contributed by atoms with Gasteiger partial charge in [-0.25, -0.2) is 8.78 Å². The van der Waals surface area contributed by atoms with Crippen molar-refractivity contribution in [2.24, 2.45) is 4.99 Å². The zero-order valence-electron chi connectivity index (χ0n) is 14.8. The summed E-state index contributed by atoms with van der Waals surface area (Å²) >= 11 is 0. The van der Waals surface area contributed by atoms with Gasteiger partial charge in [0.05, 0.1) is 6.54 Å². The van der Waals surface area contributed by atoms with Gasteiger partial charge >= 0.3 is 0 Å². The molecule has 7 nitrogen and oxygen atoms in total. The van der Waals surface area contributed by atoms with E-state index in [0.29, 0.717) is 19.0 Å². The molecule has 0 saturated heterocycles. The lowest BCUT2D eigenvalue weighted by molar-refractivity contribution is 0.304. The number of rotatable bonds is 10. The molecule has 0 amide bonds. The molecule has 0 aliphatic carbocycles. The number of halogens is 2. The number of benzene rings is 1. The molecule has 2 rings (SSSR count). The first-order valence-corrected chi connectivity index (χ1v) is 8.61. The van der Waals surface area contributed by atoms with Gasteiger partial charge in [-0.1, -0.05) is 0 Å². The Bertz CT molecular complexity index is 678. The minimum absolute atomic E-state index is 0.0316. The molecule has 0 fully saturated rings. The van der Waals surface area contributed by atoms with Crippen LogP contribution in [0.15, 0.2) is 35.8 Å². The number of hydrogen-bond donors (Lipinski definition) is 2. The molecular formula is C17H24F2N6O. The fraction of sp³-hybridized carbons (Fsp3) is 0.471. The molecule has 1 aromatic heterocycles. The van der Waals surface area contributed by atoms with Crippen LogP contribution in [0.1, 0.15) is 19.8 Å². The summed E-state index contributed by atoms with van der Waals surface area (Å²) in [6.45, 7) is 4.95. The van der Waals surface area contributed by atoms with E-state index < -0.39 is 11.6 Å². The van der Waals surface area contributed by atoms with Gasteiger partial charge in [-0.15, -0.1) is 10.2 Å². The lowest BCUT2D eigenvalue weighted by Gasteiger charge is -2.12. The van der Waals surface area contributed by atoms with E-state index >= 15 is 0 Å². The van der Waals surface area contributed by atoms with E-state index in [1.807, 2.05) is 11.5 Å². The maximum Gasteiger partial charge on any atom is 0.191 e. The highest BCUT2D eigenvalue weighted by atomic mass is 19.1. The number of nitrogens with one attached hydrogen (secondary N) is 2. The third-order valence-corrected chi connectivity index (χ3v) is 3.45. The van der Waals surface area contributed by atoms with E-state index in [9.17, 15) is 8.78 Å². The second kappa shape index (κ2) is 11.0. The van der Waals surface area contributed by atoms with Crippen molar-refractivity contribution in [2.75, 3.05) is 26.2 Å². The predicted molar refractivity (Wildman–Crippen MR) is 95.1 cm³/mol. The predicted octanol–water partition coefficient (Wildman–Crippen LogP) is 1.97. The SMILES string of the molecule is CCNC(=NCCCCn1cnnc1)NCCOc1ccc(F)cc1F. The summed E-state index contributed by atoms with van der Waals surface area (Å²) in [5, 5.41) is 13.8. The van der Waals surface area contributed by atoms with Crippen molar-refractivity contribution in [3.05, 3.63) is 42.5 Å². The lowest BCUT2D eigenvalue weighted by Crippen LogP contribution is -2.39. The average Bonchev–Trinajstić information content (AvgIpc) is 3.13. The highest BCUT2D eigenvalue weighted by Gasteiger charge is 2.04. The van der Waals surface area contributed by atoms with Crippen LogP contribution in [0.4, 0.5) is 8.78 Å². The standard InChI is InChI=1S/C17H24F2N6O/c1-2-20-17(21-7-3-4-9-25-12-23-24-13-25)22-8-10-26-16-6-5-14(18)11-15(16)19/h5-6,11-13H,2-4,7-10H2,1H3,(H2,20,21,22). The third kappa shape index (κ3) is 7.04. The summed E-state index contributed by atoms with van der Waals surface area (Å²) in [5.41, 5.74) is 0. The quantitative estimate of drug-likeness (QED) is 0.382. The Morgan fingerprint density at radius 3 is 2.73 bits per heavy atom. The minimum atomic E-state index is -0.710. The number of unbranched alkanes of at least 4 members (excludes halogenated alkanes) is 1. The van der Waals surface area contributed by atoms with Gasteiger partial charge < -0.3 is 19.9 Å². The van der Waals surface area contributed by atoms with Crippen LogP contribution in [-0.2, 0) is 6.54 Å². The van der Waals surface area contributed by atoms with E-state index in [1.54, 1.807) is 12.7 Å². The number of nitrogens with zero attached hydrogens (tertiary/aromatic N) is 4. The summed E-state index contributed by atoms with van der Waals surface area (Å²) in [4.78, 5) is 4.48. The smallest absolute Gasteiger partial charge is 0.191 e. The molecule has 26 heavy (non-hydrogen) atoms. The number of guanidine groups is 1. The van der Waals surface area contributed by atoms with Crippen molar-refractivity contribution in [2.45, 2.75) is 26.3 Å². The number of aromatic nitrogens is 3. The summed E-state index contributed by atoms with van der Waals surface area (Å²) in [6.07, 6.45) is 5.30. The van der Waals surface area contributed by atoms with E-state index in [4.69, 9.17) is 4.74 Å². The molecule has 2 aromatic rings. The molecule has 1 heterocycles. The first kappa shape index (κ1) is 19.6. The third-order valence-electron chi connectivity index (χ3n) is 3.45. The van der Waals surface area contributed by atoms with Gasteiger partial charge in [0.25, 0.3) is 0 Å². The van der Waals surface area contributed by atoms with Crippen LogP contribution in [0.25, 0.3) is 0 Å². The van der Waals surface area contributed by atoms with E-state index in [1.165, 1.54) is 6.07 Å². The zero-order valence-corrected chi connectivity index (χ0v) is 14.8. The Morgan fingerprint density at radius 1 is 1.19 bits per heavy atom. The molecule has 0 aliphatic heterocycles. The molecule has 142 valence electrons. The normalized spacial score (nSPS) is 11.4. The van der Waals surface area contributed by atoms with Crippen molar-refractivity contribution in [1.29, 1.82) is 0 Å². The van der Waals surface area contributed by atoms with Gasteiger partial charge in [0.15, 0.2) is 17.5 Å². The fourth-order valence-corrected chi connectivity index (χ4v) is 2.20. The Morgan fingerprint density at radius 2 is 2.00 bits per heavy atom. The average molecular weight is 366 g/mol. The van der Waals surface area contributed by atoms with Gasteiger partial charge in [0.1, 0.15) is 25.1 Å². The van der Waals surface area contributed by atoms with Gasteiger partial charge in [0, 0.05) is 25.7 Å². The van der Waals surface area contributed by atoms with Crippen LogP contribution in [0.2, 0.25) is 0 Å². The topological polar surface area (TPSA) is 76.4 Å². The van der Waals surface area contributed by atoms with Gasteiger partial charge in [-0.2, -0.15) is 0 Å². The molecule has 0 atom stereocenters. The van der Waals surface area contributed by atoms with Crippen molar-refractivity contribution in [3.63, 3.8) is 0 Å².